The summed E-state index contributed by atoms with van der Waals surface area (Å²) in [5.41, 5.74) is 2.28. The van der Waals surface area contributed by atoms with E-state index in [2.05, 4.69) is 26.9 Å². The molecule has 0 radical (unpaired) electrons. The lowest BCUT2D eigenvalue weighted by molar-refractivity contribution is -0.383. The number of carboxylic acid groups (broad SMARTS) is 1. The summed E-state index contributed by atoms with van der Waals surface area (Å²) in [6.45, 7) is 4.08. The van der Waals surface area contributed by atoms with Gasteiger partial charge < -0.3 is 14.7 Å². The third-order valence-electron chi connectivity index (χ3n) is 6.48. The van der Waals surface area contributed by atoms with Crippen molar-refractivity contribution >= 4 is 28.2 Å². The molecule has 0 saturated carbocycles. The van der Waals surface area contributed by atoms with Crippen molar-refractivity contribution in [3.05, 3.63) is 106 Å². The SMILES string of the molecule is O=C(O)c1cc(OCc2ccccc2)c2cc(N3CCN(Cc4ccccc4)CC3)cc([N+](=O)[O-])c2n1. The predicted octanol–water partition coefficient (Wildman–Crippen LogP) is 4.74. The van der Waals surface area contributed by atoms with Gasteiger partial charge in [-0.3, -0.25) is 15.0 Å². The monoisotopic (exact) mass is 498 g/mol. The van der Waals surface area contributed by atoms with Gasteiger partial charge >= 0.3 is 5.97 Å². The van der Waals surface area contributed by atoms with Crippen molar-refractivity contribution in [3.63, 3.8) is 0 Å². The fourth-order valence-corrected chi connectivity index (χ4v) is 4.56. The highest BCUT2D eigenvalue weighted by molar-refractivity contribution is 5.99. The van der Waals surface area contributed by atoms with E-state index in [9.17, 15) is 20.0 Å². The molecule has 37 heavy (non-hydrogen) atoms. The number of pyridine rings is 1. The van der Waals surface area contributed by atoms with Crippen molar-refractivity contribution in [1.82, 2.24) is 9.88 Å². The van der Waals surface area contributed by atoms with Crippen LogP contribution in [0.1, 0.15) is 21.6 Å². The first-order valence-electron chi connectivity index (χ1n) is 12.0. The second-order valence-corrected chi connectivity index (χ2v) is 8.95. The fourth-order valence-electron chi connectivity index (χ4n) is 4.56. The molecule has 1 aliphatic rings. The van der Waals surface area contributed by atoms with Gasteiger partial charge in [0.05, 0.1) is 10.3 Å². The van der Waals surface area contributed by atoms with E-state index in [-0.39, 0.29) is 29.3 Å². The lowest BCUT2D eigenvalue weighted by Crippen LogP contribution is -2.46. The van der Waals surface area contributed by atoms with Gasteiger partial charge in [-0.2, -0.15) is 0 Å². The lowest BCUT2D eigenvalue weighted by atomic mass is 10.1. The van der Waals surface area contributed by atoms with E-state index in [4.69, 9.17) is 4.74 Å². The van der Waals surface area contributed by atoms with Gasteiger partial charge in [-0.25, -0.2) is 9.78 Å². The van der Waals surface area contributed by atoms with E-state index in [1.807, 2.05) is 54.6 Å². The Morgan fingerprint density at radius 2 is 1.59 bits per heavy atom. The summed E-state index contributed by atoms with van der Waals surface area (Å²) < 4.78 is 6.00. The minimum atomic E-state index is -1.28. The van der Waals surface area contributed by atoms with E-state index >= 15 is 0 Å². The summed E-state index contributed by atoms with van der Waals surface area (Å²) >= 11 is 0. The summed E-state index contributed by atoms with van der Waals surface area (Å²) in [7, 11) is 0. The van der Waals surface area contributed by atoms with Crippen LogP contribution in [-0.2, 0) is 13.2 Å². The van der Waals surface area contributed by atoms with Crippen LogP contribution in [-0.4, -0.2) is 52.1 Å². The van der Waals surface area contributed by atoms with Crippen molar-refractivity contribution in [2.45, 2.75) is 13.2 Å². The molecule has 1 aliphatic heterocycles. The first-order valence-corrected chi connectivity index (χ1v) is 12.0. The third kappa shape index (κ3) is 5.52. The van der Waals surface area contributed by atoms with Crippen LogP contribution in [0.2, 0.25) is 0 Å². The number of carboxylic acids is 1. The smallest absolute Gasteiger partial charge is 0.354 e. The molecule has 4 aromatic rings. The lowest BCUT2D eigenvalue weighted by Gasteiger charge is -2.36. The molecule has 0 atom stereocenters. The van der Waals surface area contributed by atoms with Crippen molar-refractivity contribution in [2.75, 3.05) is 31.1 Å². The van der Waals surface area contributed by atoms with Crippen molar-refractivity contribution in [3.8, 4) is 5.75 Å². The molecule has 1 aromatic heterocycles. The second-order valence-electron chi connectivity index (χ2n) is 8.95. The number of benzene rings is 3. The van der Waals surface area contributed by atoms with Crippen LogP contribution >= 0.6 is 0 Å². The zero-order chi connectivity index (χ0) is 25.8. The van der Waals surface area contributed by atoms with Gasteiger partial charge in [-0.05, 0) is 17.2 Å². The quantitative estimate of drug-likeness (QED) is 0.274. The van der Waals surface area contributed by atoms with Crippen LogP contribution in [0.3, 0.4) is 0 Å². The Morgan fingerprint density at radius 1 is 0.946 bits per heavy atom. The van der Waals surface area contributed by atoms with Gasteiger partial charge in [0.25, 0.3) is 5.69 Å². The first kappa shape index (κ1) is 24.2. The summed E-state index contributed by atoms with van der Waals surface area (Å²) in [5.74, 6) is -1.03. The standard InChI is InChI=1S/C28H26N4O5/c33-28(34)24-17-26(37-19-21-9-5-2-6-10-21)23-15-22(16-25(32(35)36)27(23)29-24)31-13-11-30(12-14-31)18-20-7-3-1-4-8-20/h1-10,15-17H,11-14,18-19H2,(H,33,34). The largest absolute Gasteiger partial charge is 0.488 e. The number of anilines is 1. The average molecular weight is 499 g/mol. The molecular formula is C28H26N4O5. The molecule has 9 heteroatoms. The Hall–Kier alpha value is -4.50. The fraction of sp³-hybridized carbons (Fsp3) is 0.214. The molecule has 1 N–H and O–H groups in total. The number of nitrogens with zero attached hydrogens (tertiary/aromatic N) is 4. The van der Waals surface area contributed by atoms with Crippen LogP contribution < -0.4 is 9.64 Å². The number of rotatable bonds is 8. The number of piperazine rings is 1. The van der Waals surface area contributed by atoms with Crippen LogP contribution in [0.15, 0.2) is 78.9 Å². The number of hydrogen-bond donors (Lipinski definition) is 1. The van der Waals surface area contributed by atoms with Gasteiger partial charge in [-0.15, -0.1) is 0 Å². The molecule has 1 fully saturated rings. The summed E-state index contributed by atoms with van der Waals surface area (Å²) in [6, 6.07) is 24.3. The Balaban J connectivity index is 1.46. The summed E-state index contributed by atoms with van der Waals surface area (Å²) in [4.78, 5) is 31.8. The maximum Gasteiger partial charge on any atom is 0.354 e. The molecular weight excluding hydrogens is 472 g/mol. The molecule has 0 unspecified atom stereocenters. The molecule has 1 saturated heterocycles. The molecule has 0 aliphatic carbocycles. The van der Waals surface area contributed by atoms with Crippen LogP contribution in [0, 0.1) is 10.1 Å². The zero-order valence-corrected chi connectivity index (χ0v) is 20.1. The Kier molecular flexibility index (Phi) is 6.96. The average Bonchev–Trinajstić information content (AvgIpc) is 2.92. The van der Waals surface area contributed by atoms with E-state index < -0.39 is 10.9 Å². The van der Waals surface area contributed by atoms with Crippen molar-refractivity contribution in [1.29, 1.82) is 0 Å². The zero-order valence-electron chi connectivity index (χ0n) is 20.1. The van der Waals surface area contributed by atoms with E-state index in [0.29, 0.717) is 24.2 Å². The number of fused-ring (bicyclic) bond motifs is 1. The van der Waals surface area contributed by atoms with Crippen molar-refractivity contribution < 1.29 is 19.6 Å². The van der Waals surface area contributed by atoms with Crippen molar-refractivity contribution in [2.24, 2.45) is 0 Å². The second kappa shape index (κ2) is 10.6. The third-order valence-corrected chi connectivity index (χ3v) is 6.48. The normalized spacial score (nSPS) is 14.0. The van der Waals surface area contributed by atoms with Crippen LogP contribution in [0.25, 0.3) is 10.9 Å². The highest BCUT2D eigenvalue weighted by atomic mass is 16.6. The van der Waals surface area contributed by atoms with Gasteiger partial charge in [0.1, 0.15) is 12.4 Å². The minimum Gasteiger partial charge on any atom is -0.488 e. The molecule has 3 aromatic carbocycles. The van der Waals surface area contributed by atoms with E-state index in [0.717, 1.165) is 25.2 Å². The van der Waals surface area contributed by atoms with Gasteiger partial charge in [0, 0.05) is 50.5 Å². The molecule has 0 amide bonds. The Labute approximate surface area is 213 Å². The topological polar surface area (TPSA) is 109 Å². The highest BCUT2D eigenvalue weighted by Gasteiger charge is 2.25. The summed E-state index contributed by atoms with van der Waals surface area (Å²) in [6.07, 6.45) is 0. The van der Waals surface area contributed by atoms with E-state index in [1.165, 1.54) is 17.7 Å². The Morgan fingerprint density at radius 3 is 2.22 bits per heavy atom. The van der Waals surface area contributed by atoms with Gasteiger partial charge in [0.2, 0.25) is 0 Å². The number of nitro groups is 1. The van der Waals surface area contributed by atoms with E-state index in [1.54, 1.807) is 0 Å². The number of ether oxygens (including phenoxy) is 1. The molecule has 0 bridgehead atoms. The molecule has 0 spiro atoms. The maximum absolute atomic E-state index is 12.0. The maximum atomic E-state index is 12.0. The molecule has 2 heterocycles. The molecule has 5 rings (SSSR count). The minimum absolute atomic E-state index is 0.000532. The first-order chi connectivity index (χ1) is 18.0. The number of aromatic carboxylic acids is 1. The van der Waals surface area contributed by atoms with Crippen LogP contribution in [0.4, 0.5) is 11.4 Å². The Bertz CT molecular complexity index is 1420. The number of carbonyl (C=O) groups is 1. The van der Waals surface area contributed by atoms with Gasteiger partial charge in [0.15, 0.2) is 11.2 Å². The van der Waals surface area contributed by atoms with Crippen LogP contribution in [0.5, 0.6) is 5.75 Å². The number of non-ortho nitro benzene ring substituents is 1. The van der Waals surface area contributed by atoms with Gasteiger partial charge in [-0.1, -0.05) is 60.7 Å². The molecule has 188 valence electrons. The summed E-state index contributed by atoms with van der Waals surface area (Å²) in [5, 5.41) is 22.0. The highest BCUT2D eigenvalue weighted by Crippen LogP contribution is 2.37. The molecule has 9 nitrogen and oxygen atoms in total. The number of hydrogen-bond acceptors (Lipinski definition) is 7. The number of nitro benzene ring substituents is 1. The predicted molar refractivity (Wildman–Crippen MR) is 140 cm³/mol. The number of aromatic nitrogens is 1.